The van der Waals surface area contributed by atoms with Crippen molar-refractivity contribution in [1.29, 1.82) is 0 Å². The molecule has 0 saturated heterocycles. The molecule has 0 radical (unpaired) electrons. The van der Waals surface area contributed by atoms with Crippen LogP contribution in [0.25, 0.3) is 60.7 Å². The molecule has 160 valence electrons. The van der Waals surface area contributed by atoms with E-state index < -0.39 is 0 Å². The van der Waals surface area contributed by atoms with Gasteiger partial charge in [0.05, 0.1) is 11.0 Å². The van der Waals surface area contributed by atoms with Crippen molar-refractivity contribution in [3.05, 3.63) is 108 Å². The van der Waals surface area contributed by atoms with Gasteiger partial charge in [-0.2, -0.15) is 15.0 Å². The summed E-state index contributed by atoms with van der Waals surface area (Å²) in [6.07, 6.45) is 0. The summed E-state index contributed by atoms with van der Waals surface area (Å²) < 4.78 is 2.06. The van der Waals surface area contributed by atoms with Gasteiger partial charge in [-0.05, 0) is 51.3 Å². The van der Waals surface area contributed by atoms with Crippen molar-refractivity contribution in [2.75, 3.05) is 0 Å². The molecule has 0 aliphatic carbocycles. The van der Waals surface area contributed by atoms with E-state index in [-0.39, 0.29) is 5.28 Å². The quantitative estimate of drug-likeness (QED) is 0.251. The lowest BCUT2D eigenvalue weighted by Crippen LogP contribution is -2.05. The van der Waals surface area contributed by atoms with Gasteiger partial charge < -0.3 is 0 Å². The largest absolute Gasteiger partial charge is 0.278 e. The summed E-state index contributed by atoms with van der Waals surface area (Å²) in [5, 5.41) is 7.02. The number of rotatable bonds is 2. The number of nitrogens with zero attached hydrogens (tertiary/aromatic N) is 4. The van der Waals surface area contributed by atoms with Gasteiger partial charge in [-0.3, -0.25) is 4.57 Å². The first-order valence-electron chi connectivity index (χ1n) is 11.1. The number of fused-ring (bicyclic) bond motifs is 6. The van der Waals surface area contributed by atoms with Crippen LogP contribution in [0.4, 0.5) is 0 Å². The number of aromatic nitrogens is 4. The maximum Gasteiger partial charge on any atom is 0.239 e. The van der Waals surface area contributed by atoms with Crippen LogP contribution in [-0.2, 0) is 0 Å². The molecule has 0 amide bonds. The number of para-hydroxylation sites is 2. The molecule has 34 heavy (non-hydrogen) atoms. The third kappa shape index (κ3) is 2.82. The standard InChI is InChI=1S/C29H17ClN4/c30-28-31-27(24-17-18-9-1-2-10-19(18)20-11-3-4-12-21(20)24)32-29(33-28)34-25-15-7-5-13-22(25)23-14-6-8-16-26(23)34/h1-17H. The molecule has 5 heteroatoms. The first-order valence-corrected chi connectivity index (χ1v) is 11.5. The molecular formula is C29H17ClN4. The highest BCUT2D eigenvalue weighted by Crippen LogP contribution is 2.35. The predicted octanol–water partition coefficient (Wildman–Crippen LogP) is 7.60. The Morgan fingerprint density at radius 2 is 1.09 bits per heavy atom. The lowest BCUT2D eigenvalue weighted by atomic mass is 9.97. The zero-order valence-corrected chi connectivity index (χ0v) is 18.7. The van der Waals surface area contributed by atoms with E-state index in [0.29, 0.717) is 11.8 Å². The summed E-state index contributed by atoms with van der Waals surface area (Å²) in [4.78, 5) is 14.1. The fraction of sp³-hybridized carbons (Fsp3) is 0. The van der Waals surface area contributed by atoms with E-state index in [1.54, 1.807) is 0 Å². The van der Waals surface area contributed by atoms with Crippen LogP contribution in [0.15, 0.2) is 103 Å². The minimum Gasteiger partial charge on any atom is -0.278 e. The second-order valence-electron chi connectivity index (χ2n) is 8.29. The molecule has 0 bridgehead atoms. The molecule has 0 atom stereocenters. The Hall–Kier alpha value is -4.28. The minimum absolute atomic E-state index is 0.166. The first kappa shape index (κ1) is 19.2. The molecule has 0 aliphatic rings. The van der Waals surface area contributed by atoms with Gasteiger partial charge in [-0.1, -0.05) is 84.9 Å². The highest BCUT2D eigenvalue weighted by atomic mass is 35.5. The fourth-order valence-corrected chi connectivity index (χ4v) is 5.09. The fourth-order valence-electron chi connectivity index (χ4n) is 4.94. The molecule has 2 heterocycles. The van der Waals surface area contributed by atoms with Gasteiger partial charge in [0.1, 0.15) is 0 Å². The van der Waals surface area contributed by atoms with Crippen molar-refractivity contribution in [2.24, 2.45) is 0 Å². The van der Waals surface area contributed by atoms with Gasteiger partial charge in [-0.25, -0.2) is 0 Å². The van der Waals surface area contributed by atoms with E-state index in [2.05, 4.69) is 81.3 Å². The number of hydrogen-bond acceptors (Lipinski definition) is 3. The summed E-state index contributed by atoms with van der Waals surface area (Å²) in [7, 11) is 0. The van der Waals surface area contributed by atoms with Crippen LogP contribution in [-0.4, -0.2) is 19.5 Å². The number of hydrogen-bond donors (Lipinski definition) is 0. The molecular weight excluding hydrogens is 440 g/mol. The smallest absolute Gasteiger partial charge is 0.239 e. The van der Waals surface area contributed by atoms with E-state index in [0.717, 1.165) is 43.5 Å². The SMILES string of the molecule is Clc1nc(-c2cc3ccccc3c3ccccc23)nc(-n2c3ccccc3c3ccccc32)n1. The summed E-state index contributed by atoms with van der Waals surface area (Å²) in [6.45, 7) is 0. The summed E-state index contributed by atoms with van der Waals surface area (Å²) >= 11 is 6.51. The number of halogens is 1. The molecule has 0 spiro atoms. The molecule has 0 aliphatic heterocycles. The van der Waals surface area contributed by atoms with Crippen LogP contribution in [0.1, 0.15) is 0 Å². The van der Waals surface area contributed by atoms with E-state index in [4.69, 9.17) is 16.6 Å². The van der Waals surface area contributed by atoms with Crippen LogP contribution >= 0.6 is 11.6 Å². The first-order chi connectivity index (χ1) is 16.8. The monoisotopic (exact) mass is 456 g/mol. The zero-order valence-electron chi connectivity index (χ0n) is 18.0. The van der Waals surface area contributed by atoms with E-state index in [1.165, 1.54) is 5.39 Å². The van der Waals surface area contributed by atoms with E-state index in [1.807, 2.05) is 36.4 Å². The van der Waals surface area contributed by atoms with Gasteiger partial charge >= 0.3 is 0 Å². The van der Waals surface area contributed by atoms with E-state index in [9.17, 15) is 0 Å². The van der Waals surface area contributed by atoms with Crippen LogP contribution in [0.5, 0.6) is 0 Å². The highest BCUT2D eigenvalue weighted by Gasteiger charge is 2.17. The lowest BCUT2D eigenvalue weighted by molar-refractivity contribution is 0.948. The van der Waals surface area contributed by atoms with Crippen LogP contribution in [0.2, 0.25) is 5.28 Å². The minimum atomic E-state index is 0.166. The Morgan fingerprint density at radius 3 is 1.79 bits per heavy atom. The Kier molecular flexibility index (Phi) is 4.16. The summed E-state index contributed by atoms with van der Waals surface area (Å²) in [5.74, 6) is 1.06. The third-order valence-electron chi connectivity index (χ3n) is 6.39. The van der Waals surface area contributed by atoms with Crippen LogP contribution in [0.3, 0.4) is 0 Å². The second-order valence-corrected chi connectivity index (χ2v) is 8.63. The Labute approximate surface area is 200 Å². The van der Waals surface area contributed by atoms with Gasteiger partial charge in [0.2, 0.25) is 11.2 Å². The Morgan fingerprint density at radius 1 is 0.529 bits per heavy atom. The maximum absolute atomic E-state index is 6.51. The molecule has 7 aromatic rings. The van der Waals surface area contributed by atoms with Gasteiger partial charge in [0.25, 0.3) is 0 Å². The molecule has 0 unspecified atom stereocenters. The molecule has 2 aromatic heterocycles. The molecule has 0 N–H and O–H groups in total. The molecule has 4 nitrogen and oxygen atoms in total. The summed E-state index contributed by atoms with van der Waals surface area (Å²) in [6, 6.07) is 35.4. The normalized spacial score (nSPS) is 11.7. The Bertz CT molecular complexity index is 1830. The molecule has 7 rings (SSSR count). The van der Waals surface area contributed by atoms with Gasteiger partial charge in [0.15, 0.2) is 5.82 Å². The predicted molar refractivity (Wildman–Crippen MR) is 140 cm³/mol. The topological polar surface area (TPSA) is 43.6 Å². The number of benzene rings is 5. The molecule has 5 aromatic carbocycles. The van der Waals surface area contributed by atoms with Crippen molar-refractivity contribution >= 4 is 55.0 Å². The van der Waals surface area contributed by atoms with Crippen LogP contribution < -0.4 is 0 Å². The second kappa shape index (κ2) is 7.37. The van der Waals surface area contributed by atoms with Crippen molar-refractivity contribution in [3.63, 3.8) is 0 Å². The van der Waals surface area contributed by atoms with Crippen LogP contribution in [0, 0.1) is 0 Å². The van der Waals surface area contributed by atoms with Gasteiger partial charge in [-0.15, -0.1) is 0 Å². The van der Waals surface area contributed by atoms with Gasteiger partial charge in [0, 0.05) is 16.3 Å². The molecule has 0 fully saturated rings. The van der Waals surface area contributed by atoms with E-state index >= 15 is 0 Å². The van der Waals surface area contributed by atoms with Crippen molar-refractivity contribution in [1.82, 2.24) is 19.5 Å². The summed E-state index contributed by atoms with van der Waals surface area (Å²) in [5.41, 5.74) is 2.99. The zero-order chi connectivity index (χ0) is 22.6. The van der Waals surface area contributed by atoms with Crippen molar-refractivity contribution < 1.29 is 0 Å². The van der Waals surface area contributed by atoms with Crippen molar-refractivity contribution in [2.45, 2.75) is 0 Å². The third-order valence-corrected chi connectivity index (χ3v) is 6.55. The average Bonchev–Trinajstić information content (AvgIpc) is 3.22. The average molecular weight is 457 g/mol. The highest BCUT2D eigenvalue weighted by molar-refractivity contribution is 6.28. The van der Waals surface area contributed by atoms with Crippen molar-refractivity contribution in [3.8, 4) is 17.3 Å². The molecule has 0 saturated carbocycles. The lowest BCUT2D eigenvalue weighted by Gasteiger charge is -2.12. The Balaban J connectivity index is 1.56. The maximum atomic E-state index is 6.51.